The molecule has 0 spiro atoms. The molecule has 0 aliphatic carbocycles. The summed E-state index contributed by atoms with van der Waals surface area (Å²) in [4.78, 5) is 3.18. The van der Waals surface area contributed by atoms with Gasteiger partial charge in [0.2, 0.25) is 0 Å². The van der Waals surface area contributed by atoms with Crippen molar-refractivity contribution < 1.29 is 5.11 Å². The fourth-order valence-corrected chi connectivity index (χ4v) is 1.95. The molecule has 16 heavy (non-hydrogen) atoms. The highest BCUT2D eigenvalue weighted by Gasteiger charge is 2.10. The zero-order valence-corrected chi connectivity index (χ0v) is 9.67. The molecule has 2 aromatic rings. The fraction of sp³-hybridized carbons (Fsp3) is 0.333. The molecule has 4 heteroatoms. The van der Waals surface area contributed by atoms with Gasteiger partial charge in [-0.05, 0) is 43.7 Å². The van der Waals surface area contributed by atoms with Crippen LogP contribution < -0.4 is 5.73 Å². The maximum Gasteiger partial charge on any atom is 0.0938 e. The molecule has 0 saturated carbocycles. The largest absolute Gasteiger partial charge is 0.387 e. The van der Waals surface area contributed by atoms with Crippen molar-refractivity contribution in [3.8, 4) is 0 Å². The standard InChI is InChI=1S/C12H15ClN2O/c13-9-3-4-10-8(6-9)7-11(15-10)12(16)2-1-5-14/h3-4,6-7,12,15-16H,1-2,5,14H2. The van der Waals surface area contributed by atoms with Crippen LogP contribution in [-0.2, 0) is 0 Å². The average molecular weight is 239 g/mol. The maximum absolute atomic E-state index is 9.90. The van der Waals surface area contributed by atoms with Crippen LogP contribution in [0.4, 0.5) is 0 Å². The van der Waals surface area contributed by atoms with Crippen LogP contribution in [0.1, 0.15) is 24.6 Å². The van der Waals surface area contributed by atoms with Gasteiger partial charge in [0, 0.05) is 21.6 Å². The lowest BCUT2D eigenvalue weighted by atomic mass is 10.1. The molecule has 0 aliphatic rings. The van der Waals surface area contributed by atoms with Crippen LogP contribution >= 0.6 is 11.6 Å². The molecule has 1 aromatic heterocycles. The Bertz CT molecular complexity index is 481. The van der Waals surface area contributed by atoms with Crippen molar-refractivity contribution in [1.82, 2.24) is 4.98 Å². The zero-order valence-electron chi connectivity index (χ0n) is 8.91. The van der Waals surface area contributed by atoms with E-state index in [9.17, 15) is 5.11 Å². The van der Waals surface area contributed by atoms with Crippen molar-refractivity contribution in [2.75, 3.05) is 6.54 Å². The lowest BCUT2D eigenvalue weighted by Gasteiger charge is -2.06. The van der Waals surface area contributed by atoms with E-state index in [1.165, 1.54) is 0 Å². The number of hydrogen-bond donors (Lipinski definition) is 3. The Kier molecular flexibility index (Phi) is 3.49. The smallest absolute Gasteiger partial charge is 0.0938 e. The molecule has 0 fully saturated rings. The lowest BCUT2D eigenvalue weighted by molar-refractivity contribution is 0.161. The number of nitrogens with one attached hydrogen (secondary N) is 1. The number of H-pyrrole nitrogens is 1. The second-order valence-corrected chi connectivity index (χ2v) is 4.34. The molecule has 0 bridgehead atoms. The Morgan fingerprint density at radius 1 is 1.38 bits per heavy atom. The summed E-state index contributed by atoms with van der Waals surface area (Å²) >= 11 is 5.90. The van der Waals surface area contributed by atoms with Crippen LogP contribution in [-0.4, -0.2) is 16.6 Å². The minimum atomic E-state index is -0.477. The normalized spacial score (nSPS) is 13.2. The molecule has 2 rings (SSSR count). The predicted octanol–water partition coefficient (Wildman–Crippen LogP) is 2.59. The number of aliphatic hydroxyl groups excluding tert-OH is 1. The van der Waals surface area contributed by atoms with Gasteiger partial charge in [-0.15, -0.1) is 0 Å². The third-order valence-electron chi connectivity index (χ3n) is 2.64. The van der Waals surface area contributed by atoms with Gasteiger partial charge in [-0.1, -0.05) is 11.6 Å². The van der Waals surface area contributed by atoms with Gasteiger partial charge in [-0.3, -0.25) is 0 Å². The summed E-state index contributed by atoms with van der Waals surface area (Å²) in [6.45, 7) is 0.600. The molecule has 1 atom stereocenters. The quantitative estimate of drug-likeness (QED) is 0.767. The number of aliphatic hydroxyl groups is 1. The molecule has 0 aliphatic heterocycles. The van der Waals surface area contributed by atoms with E-state index in [1.807, 2.05) is 24.3 Å². The fourth-order valence-electron chi connectivity index (χ4n) is 1.77. The zero-order chi connectivity index (χ0) is 11.5. The van der Waals surface area contributed by atoms with E-state index in [-0.39, 0.29) is 0 Å². The molecule has 3 nitrogen and oxygen atoms in total. The second kappa shape index (κ2) is 4.87. The van der Waals surface area contributed by atoms with Crippen molar-refractivity contribution in [3.05, 3.63) is 35.0 Å². The average Bonchev–Trinajstić information content (AvgIpc) is 2.68. The third-order valence-corrected chi connectivity index (χ3v) is 2.88. The van der Waals surface area contributed by atoms with Gasteiger partial charge in [0.05, 0.1) is 6.10 Å². The molecule has 0 radical (unpaired) electrons. The molecular formula is C12H15ClN2O. The third kappa shape index (κ3) is 2.38. The summed E-state index contributed by atoms with van der Waals surface area (Å²) < 4.78 is 0. The van der Waals surface area contributed by atoms with E-state index in [1.54, 1.807) is 0 Å². The summed E-state index contributed by atoms with van der Waals surface area (Å²) in [5.74, 6) is 0. The van der Waals surface area contributed by atoms with Crippen molar-refractivity contribution in [2.45, 2.75) is 18.9 Å². The van der Waals surface area contributed by atoms with Gasteiger partial charge in [0.1, 0.15) is 0 Å². The second-order valence-electron chi connectivity index (χ2n) is 3.90. The topological polar surface area (TPSA) is 62.0 Å². The van der Waals surface area contributed by atoms with Crippen molar-refractivity contribution in [1.29, 1.82) is 0 Å². The number of halogens is 1. The van der Waals surface area contributed by atoms with Gasteiger partial charge in [-0.2, -0.15) is 0 Å². The monoisotopic (exact) mass is 238 g/mol. The highest BCUT2D eigenvalue weighted by Crippen LogP contribution is 2.24. The predicted molar refractivity (Wildman–Crippen MR) is 66.6 cm³/mol. The van der Waals surface area contributed by atoms with E-state index < -0.39 is 6.10 Å². The molecule has 1 unspecified atom stereocenters. The molecule has 1 heterocycles. The Morgan fingerprint density at radius 2 is 2.19 bits per heavy atom. The Morgan fingerprint density at radius 3 is 2.94 bits per heavy atom. The summed E-state index contributed by atoms with van der Waals surface area (Å²) in [5, 5.41) is 11.6. The minimum absolute atomic E-state index is 0.477. The van der Waals surface area contributed by atoms with Gasteiger partial charge in [0.25, 0.3) is 0 Å². The summed E-state index contributed by atoms with van der Waals surface area (Å²) in [6, 6.07) is 7.56. The first kappa shape index (κ1) is 11.5. The van der Waals surface area contributed by atoms with E-state index in [4.69, 9.17) is 17.3 Å². The van der Waals surface area contributed by atoms with Crippen LogP contribution in [0.5, 0.6) is 0 Å². The lowest BCUT2D eigenvalue weighted by Crippen LogP contribution is -2.03. The van der Waals surface area contributed by atoms with Crippen LogP contribution in [0.3, 0.4) is 0 Å². The Balaban J connectivity index is 2.25. The molecule has 86 valence electrons. The number of aromatic amines is 1. The van der Waals surface area contributed by atoms with Gasteiger partial charge in [-0.25, -0.2) is 0 Å². The first-order valence-electron chi connectivity index (χ1n) is 5.37. The summed E-state index contributed by atoms with van der Waals surface area (Å²) in [6.07, 6.45) is 1.02. The highest BCUT2D eigenvalue weighted by atomic mass is 35.5. The first-order valence-corrected chi connectivity index (χ1v) is 5.75. The van der Waals surface area contributed by atoms with E-state index >= 15 is 0 Å². The SMILES string of the molecule is NCCCC(O)c1cc2cc(Cl)ccc2[nH]1. The summed E-state index contributed by atoms with van der Waals surface area (Å²) in [7, 11) is 0. The first-order chi connectivity index (χ1) is 7.70. The van der Waals surface area contributed by atoms with Gasteiger partial charge in [0.15, 0.2) is 0 Å². The van der Waals surface area contributed by atoms with E-state index in [0.717, 1.165) is 23.0 Å². The van der Waals surface area contributed by atoms with Crippen molar-refractivity contribution >= 4 is 22.5 Å². The van der Waals surface area contributed by atoms with Crippen LogP contribution in [0.15, 0.2) is 24.3 Å². The molecular weight excluding hydrogens is 224 g/mol. The van der Waals surface area contributed by atoms with Gasteiger partial charge < -0.3 is 15.8 Å². The van der Waals surface area contributed by atoms with E-state index in [0.29, 0.717) is 18.0 Å². The number of benzene rings is 1. The molecule has 1 aromatic carbocycles. The highest BCUT2D eigenvalue weighted by molar-refractivity contribution is 6.31. The van der Waals surface area contributed by atoms with Crippen molar-refractivity contribution in [2.24, 2.45) is 5.73 Å². The van der Waals surface area contributed by atoms with Crippen molar-refractivity contribution in [3.63, 3.8) is 0 Å². The number of nitrogens with two attached hydrogens (primary N) is 1. The van der Waals surface area contributed by atoms with Gasteiger partial charge >= 0.3 is 0 Å². The Labute approximate surface area is 99.2 Å². The Hall–Kier alpha value is -1.03. The number of hydrogen-bond acceptors (Lipinski definition) is 2. The maximum atomic E-state index is 9.90. The van der Waals surface area contributed by atoms with Crippen LogP contribution in [0.2, 0.25) is 5.02 Å². The van der Waals surface area contributed by atoms with Crippen LogP contribution in [0, 0.1) is 0 Å². The molecule has 4 N–H and O–H groups in total. The number of fused-ring (bicyclic) bond motifs is 1. The number of rotatable bonds is 4. The summed E-state index contributed by atoms with van der Waals surface area (Å²) in [5.41, 5.74) is 7.23. The number of aromatic nitrogens is 1. The minimum Gasteiger partial charge on any atom is -0.387 e. The van der Waals surface area contributed by atoms with E-state index in [2.05, 4.69) is 4.98 Å². The van der Waals surface area contributed by atoms with Crippen LogP contribution in [0.25, 0.3) is 10.9 Å². The molecule has 0 saturated heterocycles. The molecule has 0 amide bonds.